The zero-order chi connectivity index (χ0) is 16.3. The maximum Gasteiger partial charge on any atom is 0.124 e. The minimum atomic E-state index is 0.0722. The summed E-state index contributed by atoms with van der Waals surface area (Å²) >= 11 is 0. The number of ether oxygens (including phenoxy) is 2. The first kappa shape index (κ1) is 16.3. The number of rotatable bonds is 5. The van der Waals surface area contributed by atoms with Crippen LogP contribution in [0.5, 0.6) is 5.75 Å². The first-order valence-corrected chi connectivity index (χ1v) is 8.53. The molecule has 3 nitrogen and oxygen atoms in total. The van der Waals surface area contributed by atoms with Crippen LogP contribution < -0.4 is 10.1 Å². The van der Waals surface area contributed by atoms with Crippen LogP contribution in [0.3, 0.4) is 0 Å². The molecule has 1 unspecified atom stereocenters. The van der Waals surface area contributed by atoms with Crippen molar-refractivity contribution in [2.24, 2.45) is 0 Å². The Morgan fingerprint density at radius 2 is 2.00 bits per heavy atom. The summed E-state index contributed by atoms with van der Waals surface area (Å²) in [6.45, 7) is 8.86. The van der Waals surface area contributed by atoms with Gasteiger partial charge in [0.25, 0.3) is 0 Å². The van der Waals surface area contributed by atoms with Crippen molar-refractivity contribution in [1.82, 2.24) is 5.32 Å². The lowest BCUT2D eigenvalue weighted by Gasteiger charge is -2.23. The molecule has 124 valence electrons. The number of benzene rings is 2. The van der Waals surface area contributed by atoms with Gasteiger partial charge in [-0.15, -0.1) is 0 Å². The highest BCUT2D eigenvalue weighted by Crippen LogP contribution is 2.29. The van der Waals surface area contributed by atoms with Crippen LogP contribution in [-0.2, 0) is 11.3 Å². The Morgan fingerprint density at radius 1 is 1.17 bits per heavy atom. The standard InChI is InChI=1S/C20H27NO2/c1-20(2,3)21-13-18-17-9-5-4-7-15(17)10-11-19(18)23-14-16-8-6-12-22-16/h4-5,7,9-11,16,21H,6,8,12-14H2,1-3H3. The molecule has 1 atom stereocenters. The van der Waals surface area contributed by atoms with E-state index in [1.807, 2.05) is 0 Å². The minimum Gasteiger partial charge on any atom is -0.491 e. The lowest BCUT2D eigenvalue weighted by atomic mass is 10.0. The molecule has 1 N–H and O–H groups in total. The molecule has 1 saturated heterocycles. The molecule has 1 aliphatic heterocycles. The summed E-state index contributed by atoms with van der Waals surface area (Å²) in [6, 6.07) is 12.7. The van der Waals surface area contributed by atoms with Crippen LogP contribution in [0.4, 0.5) is 0 Å². The fourth-order valence-corrected chi connectivity index (χ4v) is 2.95. The van der Waals surface area contributed by atoms with Crippen LogP contribution in [0.1, 0.15) is 39.2 Å². The quantitative estimate of drug-likeness (QED) is 0.893. The molecule has 3 rings (SSSR count). The van der Waals surface area contributed by atoms with E-state index in [2.05, 4.69) is 62.5 Å². The molecule has 0 amide bonds. The molecule has 2 aromatic carbocycles. The fraction of sp³-hybridized carbons (Fsp3) is 0.500. The minimum absolute atomic E-state index is 0.0722. The Kier molecular flexibility index (Phi) is 4.88. The van der Waals surface area contributed by atoms with E-state index < -0.39 is 0 Å². The molecule has 1 heterocycles. The molecule has 2 aromatic rings. The molecule has 0 spiro atoms. The average Bonchev–Trinajstić information content (AvgIpc) is 3.03. The summed E-state index contributed by atoms with van der Waals surface area (Å²) < 4.78 is 11.8. The van der Waals surface area contributed by atoms with Gasteiger partial charge < -0.3 is 14.8 Å². The van der Waals surface area contributed by atoms with Gasteiger partial charge in [-0.05, 0) is 50.5 Å². The number of fused-ring (bicyclic) bond motifs is 1. The summed E-state index contributed by atoms with van der Waals surface area (Å²) in [7, 11) is 0. The smallest absolute Gasteiger partial charge is 0.124 e. The van der Waals surface area contributed by atoms with E-state index in [0.717, 1.165) is 31.7 Å². The molecule has 0 aliphatic carbocycles. The van der Waals surface area contributed by atoms with Gasteiger partial charge in [-0.25, -0.2) is 0 Å². The molecule has 1 fully saturated rings. The topological polar surface area (TPSA) is 30.5 Å². The van der Waals surface area contributed by atoms with E-state index in [1.54, 1.807) is 0 Å². The second kappa shape index (κ2) is 6.90. The fourth-order valence-electron chi connectivity index (χ4n) is 2.95. The van der Waals surface area contributed by atoms with E-state index in [1.165, 1.54) is 16.3 Å². The van der Waals surface area contributed by atoms with Gasteiger partial charge in [-0.1, -0.05) is 30.3 Å². The van der Waals surface area contributed by atoms with Crippen molar-refractivity contribution in [3.05, 3.63) is 42.0 Å². The summed E-state index contributed by atoms with van der Waals surface area (Å²) in [5.74, 6) is 0.968. The summed E-state index contributed by atoms with van der Waals surface area (Å²) in [5.41, 5.74) is 1.30. The summed E-state index contributed by atoms with van der Waals surface area (Å²) in [4.78, 5) is 0. The monoisotopic (exact) mass is 313 g/mol. The van der Waals surface area contributed by atoms with Gasteiger partial charge in [-0.3, -0.25) is 0 Å². The summed E-state index contributed by atoms with van der Waals surface area (Å²) in [5, 5.41) is 6.10. The second-order valence-corrected chi connectivity index (χ2v) is 7.31. The molecule has 1 aliphatic rings. The van der Waals surface area contributed by atoms with Crippen LogP contribution in [0, 0.1) is 0 Å². The lowest BCUT2D eigenvalue weighted by molar-refractivity contribution is 0.0676. The molecule has 0 bridgehead atoms. The molecule has 0 aromatic heterocycles. The summed E-state index contributed by atoms with van der Waals surface area (Å²) in [6.07, 6.45) is 2.48. The van der Waals surface area contributed by atoms with Gasteiger partial charge >= 0.3 is 0 Å². The van der Waals surface area contributed by atoms with Crippen molar-refractivity contribution >= 4 is 10.8 Å². The van der Waals surface area contributed by atoms with Gasteiger partial charge in [0.15, 0.2) is 0 Å². The Labute approximate surface area is 139 Å². The highest BCUT2D eigenvalue weighted by atomic mass is 16.5. The third-order valence-electron chi connectivity index (χ3n) is 4.24. The van der Waals surface area contributed by atoms with Crippen molar-refractivity contribution in [3.63, 3.8) is 0 Å². The SMILES string of the molecule is CC(C)(C)NCc1c(OCC2CCCO2)ccc2ccccc12. The highest BCUT2D eigenvalue weighted by Gasteiger charge is 2.18. The molecular formula is C20H27NO2. The van der Waals surface area contributed by atoms with Crippen LogP contribution in [0.2, 0.25) is 0 Å². The van der Waals surface area contributed by atoms with Gasteiger partial charge in [0.1, 0.15) is 12.4 Å². The van der Waals surface area contributed by atoms with Gasteiger partial charge in [0, 0.05) is 24.3 Å². The zero-order valence-electron chi connectivity index (χ0n) is 14.4. The molecule has 3 heteroatoms. The van der Waals surface area contributed by atoms with Crippen molar-refractivity contribution < 1.29 is 9.47 Å². The first-order valence-electron chi connectivity index (χ1n) is 8.53. The zero-order valence-corrected chi connectivity index (χ0v) is 14.4. The Hall–Kier alpha value is -1.58. The molecule has 0 saturated carbocycles. The number of hydrogen-bond acceptors (Lipinski definition) is 3. The largest absolute Gasteiger partial charge is 0.491 e. The molecule has 0 radical (unpaired) electrons. The average molecular weight is 313 g/mol. The van der Waals surface area contributed by atoms with Crippen LogP contribution in [0.25, 0.3) is 10.8 Å². The van der Waals surface area contributed by atoms with Crippen molar-refractivity contribution in [1.29, 1.82) is 0 Å². The van der Waals surface area contributed by atoms with Crippen molar-refractivity contribution in [2.75, 3.05) is 13.2 Å². The first-order chi connectivity index (χ1) is 11.0. The number of nitrogens with one attached hydrogen (secondary N) is 1. The Morgan fingerprint density at radius 3 is 2.74 bits per heavy atom. The van der Waals surface area contributed by atoms with E-state index in [4.69, 9.17) is 9.47 Å². The predicted molar refractivity (Wildman–Crippen MR) is 95.0 cm³/mol. The maximum absolute atomic E-state index is 6.13. The molecule has 23 heavy (non-hydrogen) atoms. The molecular weight excluding hydrogens is 286 g/mol. The second-order valence-electron chi connectivity index (χ2n) is 7.31. The predicted octanol–water partition coefficient (Wildman–Crippen LogP) is 4.29. The van der Waals surface area contributed by atoms with E-state index in [9.17, 15) is 0 Å². The lowest BCUT2D eigenvalue weighted by Crippen LogP contribution is -2.35. The van der Waals surface area contributed by atoms with Crippen molar-refractivity contribution in [3.8, 4) is 5.75 Å². The Bertz CT molecular complexity index is 654. The maximum atomic E-state index is 6.13. The number of hydrogen-bond donors (Lipinski definition) is 1. The van der Waals surface area contributed by atoms with Gasteiger partial charge in [-0.2, -0.15) is 0 Å². The van der Waals surface area contributed by atoms with Gasteiger partial charge in [0.05, 0.1) is 6.10 Å². The van der Waals surface area contributed by atoms with Crippen LogP contribution in [0.15, 0.2) is 36.4 Å². The van der Waals surface area contributed by atoms with E-state index >= 15 is 0 Å². The third kappa shape index (κ3) is 4.24. The Balaban J connectivity index is 1.85. The van der Waals surface area contributed by atoms with E-state index in [-0.39, 0.29) is 11.6 Å². The highest BCUT2D eigenvalue weighted by molar-refractivity contribution is 5.87. The van der Waals surface area contributed by atoms with Gasteiger partial charge in [0.2, 0.25) is 0 Å². The van der Waals surface area contributed by atoms with Crippen molar-refractivity contribution in [2.45, 2.75) is 51.8 Å². The normalized spacial score (nSPS) is 18.5. The van der Waals surface area contributed by atoms with Crippen LogP contribution >= 0.6 is 0 Å². The van der Waals surface area contributed by atoms with Crippen LogP contribution in [-0.4, -0.2) is 24.9 Å². The van der Waals surface area contributed by atoms with E-state index in [0.29, 0.717) is 6.61 Å². The third-order valence-corrected chi connectivity index (χ3v) is 4.24.